The minimum Gasteiger partial charge on any atom is -0.496 e. The van der Waals surface area contributed by atoms with Crippen molar-refractivity contribution in [2.24, 2.45) is 5.41 Å². The average Bonchev–Trinajstić information content (AvgIpc) is 3.27. The summed E-state index contributed by atoms with van der Waals surface area (Å²) in [6.45, 7) is 7.57. The number of aromatic carboxylic acids is 1. The summed E-state index contributed by atoms with van der Waals surface area (Å²) < 4.78 is 92.8. The summed E-state index contributed by atoms with van der Waals surface area (Å²) in [5.74, 6) is -0.463. The molecule has 0 aromatic heterocycles. The summed E-state index contributed by atoms with van der Waals surface area (Å²) in [7, 11) is 1.53. The van der Waals surface area contributed by atoms with Crippen molar-refractivity contribution in [3.63, 3.8) is 0 Å². The van der Waals surface area contributed by atoms with Crippen LogP contribution in [-0.2, 0) is 17.1 Å². The van der Waals surface area contributed by atoms with Crippen molar-refractivity contribution in [3.8, 4) is 16.9 Å². The third-order valence-corrected chi connectivity index (χ3v) is 9.17. The van der Waals surface area contributed by atoms with E-state index in [1.54, 1.807) is 19.1 Å². The number of allylic oxidation sites excluding steroid dienone is 1. The Labute approximate surface area is 274 Å². The third-order valence-electron chi connectivity index (χ3n) is 9.17. The Morgan fingerprint density at radius 1 is 0.979 bits per heavy atom. The van der Waals surface area contributed by atoms with E-state index in [1.807, 2.05) is 25.1 Å². The number of cyclic esters (lactones) is 1. The summed E-state index contributed by atoms with van der Waals surface area (Å²) in [5.41, 5.74) is 1.59. The Balaban J connectivity index is 1.55. The number of carboxylic acid groups (broad SMARTS) is 1. The van der Waals surface area contributed by atoms with Gasteiger partial charge < -0.3 is 14.6 Å². The quantitative estimate of drug-likeness (QED) is 0.252. The fourth-order valence-corrected chi connectivity index (χ4v) is 6.63. The molecule has 0 bridgehead atoms. The zero-order chi connectivity index (χ0) is 35.3. The smallest absolute Gasteiger partial charge is 0.416 e. The molecule has 3 aromatic rings. The highest BCUT2D eigenvalue weighted by Crippen LogP contribution is 2.47. The fourth-order valence-electron chi connectivity index (χ4n) is 6.63. The number of benzene rings is 3. The van der Waals surface area contributed by atoms with Crippen molar-refractivity contribution in [3.05, 3.63) is 93.6 Å². The highest BCUT2D eigenvalue weighted by Gasteiger charge is 2.44. The SMILES string of the molecule is COc1ccc(-c2ccc(C(=O)O)cc2C)cc1C1=C(CN2C(=O)O[C@H](c3cc(C(F)(F)F)cc(C(F)(F)F)c3)[C@H]2C)CC(C)(C)CC1. The maximum atomic E-state index is 13.6. The first-order chi connectivity index (χ1) is 22.3. The zero-order valence-electron chi connectivity index (χ0n) is 27.0. The van der Waals surface area contributed by atoms with Crippen LogP contribution in [0.2, 0.25) is 0 Å². The molecule has 0 saturated carbocycles. The molecular weight excluding hydrogens is 640 g/mol. The number of carbonyl (C=O) groups excluding carboxylic acids is 1. The lowest BCUT2D eigenvalue weighted by atomic mass is 9.72. The average molecular weight is 676 g/mol. The predicted molar refractivity (Wildman–Crippen MR) is 167 cm³/mol. The lowest BCUT2D eigenvalue weighted by Gasteiger charge is -2.36. The van der Waals surface area contributed by atoms with Crippen LogP contribution in [0.15, 0.2) is 60.2 Å². The van der Waals surface area contributed by atoms with Gasteiger partial charge in [-0.3, -0.25) is 4.90 Å². The first-order valence-electron chi connectivity index (χ1n) is 15.3. The second-order valence-corrected chi connectivity index (χ2v) is 13.2. The number of halogens is 6. The van der Waals surface area contributed by atoms with Gasteiger partial charge in [0, 0.05) is 12.1 Å². The van der Waals surface area contributed by atoms with Gasteiger partial charge in [-0.15, -0.1) is 0 Å². The number of ether oxygens (including phenoxy) is 2. The first kappa shape index (κ1) is 34.8. The summed E-state index contributed by atoms with van der Waals surface area (Å²) in [4.78, 5) is 26.1. The molecule has 1 N–H and O–H groups in total. The van der Waals surface area contributed by atoms with Gasteiger partial charge in [0.25, 0.3) is 0 Å². The largest absolute Gasteiger partial charge is 0.496 e. The zero-order valence-corrected chi connectivity index (χ0v) is 27.0. The Morgan fingerprint density at radius 2 is 1.62 bits per heavy atom. The molecule has 1 fully saturated rings. The van der Waals surface area contributed by atoms with E-state index in [9.17, 15) is 41.0 Å². The van der Waals surface area contributed by atoms with Crippen LogP contribution in [0.4, 0.5) is 31.1 Å². The van der Waals surface area contributed by atoms with E-state index in [2.05, 4.69) is 13.8 Å². The summed E-state index contributed by atoms with van der Waals surface area (Å²) >= 11 is 0. The van der Waals surface area contributed by atoms with Crippen LogP contribution in [0, 0.1) is 12.3 Å². The van der Waals surface area contributed by atoms with Gasteiger partial charge in [0.05, 0.1) is 29.8 Å². The van der Waals surface area contributed by atoms with E-state index in [4.69, 9.17) is 9.47 Å². The van der Waals surface area contributed by atoms with Gasteiger partial charge in [-0.2, -0.15) is 26.3 Å². The molecule has 0 unspecified atom stereocenters. The van der Waals surface area contributed by atoms with Crippen LogP contribution in [0.1, 0.15) is 84.3 Å². The van der Waals surface area contributed by atoms with E-state index < -0.39 is 53.3 Å². The van der Waals surface area contributed by atoms with Crippen LogP contribution in [0.5, 0.6) is 5.75 Å². The monoisotopic (exact) mass is 675 g/mol. The number of alkyl halides is 6. The molecule has 1 aliphatic carbocycles. The first-order valence-corrected chi connectivity index (χ1v) is 15.3. The number of carbonyl (C=O) groups is 2. The molecule has 1 aliphatic heterocycles. The number of methoxy groups -OCH3 is 1. The van der Waals surface area contributed by atoms with E-state index in [-0.39, 0.29) is 23.6 Å². The molecule has 12 heteroatoms. The minimum absolute atomic E-state index is 0.0417. The molecule has 0 radical (unpaired) electrons. The maximum absolute atomic E-state index is 13.6. The van der Waals surface area contributed by atoms with Crippen LogP contribution < -0.4 is 4.74 Å². The number of nitrogens with zero attached hydrogens (tertiary/aromatic N) is 1. The molecular formula is C36H35F6NO5. The lowest BCUT2D eigenvalue weighted by molar-refractivity contribution is -0.143. The number of amides is 1. The van der Waals surface area contributed by atoms with Gasteiger partial charge in [0.2, 0.25) is 0 Å². The number of carboxylic acids is 1. The number of hydrogen-bond donors (Lipinski definition) is 1. The second-order valence-electron chi connectivity index (χ2n) is 13.2. The molecule has 3 aromatic carbocycles. The number of hydrogen-bond acceptors (Lipinski definition) is 4. The van der Waals surface area contributed by atoms with Gasteiger partial charge in [-0.05, 0) is 114 Å². The molecule has 0 spiro atoms. The summed E-state index contributed by atoms with van der Waals surface area (Å²) in [5, 5.41) is 9.40. The summed E-state index contributed by atoms with van der Waals surface area (Å²) in [6.07, 6.45) is -10.3. The molecule has 2 atom stereocenters. The highest BCUT2D eigenvalue weighted by atomic mass is 19.4. The normalized spacial score (nSPS) is 19.8. The number of rotatable bonds is 7. The molecule has 48 heavy (non-hydrogen) atoms. The molecule has 1 heterocycles. The van der Waals surface area contributed by atoms with E-state index in [0.29, 0.717) is 30.7 Å². The fraction of sp³-hybridized carbons (Fsp3) is 0.389. The standard InChI is InChI=1S/C36H35F6NO5/c1-19-12-22(32(44)45)6-8-27(19)21-7-9-30(47-5)29(15-21)28-10-11-34(3,4)17-24(28)18-43-20(2)31(48-33(43)46)23-13-25(35(37,38)39)16-26(14-23)36(40,41)42/h6-9,12-16,20,31H,10-11,17-18H2,1-5H3,(H,44,45)/t20-,31+/m1/s1. The van der Waals surface area contributed by atoms with Crippen molar-refractivity contribution in [2.75, 3.05) is 13.7 Å². The van der Waals surface area contributed by atoms with Gasteiger partial charge in [0.15, 0.2) is 0 Å². The van der Waals surface area contributed by atoms with E-state index >= 15 is 0 Å². The molecule has 256 valence electrons. The Morgan fingerprint density at radius 3 is 2.19 bits per heavy atom. The van der Waals surface area contributed by atoms with Gasteiger partial charge in [0.1, 0.15) is 11.9 Å². The predicted octanol–water partition coefficient (Wildman–Crippen LogP) is 9.95. The van der Waals surface area contributed by atoms with Gasteiger partial charge >= 0.3 is 24.4 Å². The lowest BCUT2D eigenvalue weighted by Crippen LogP contribution is -2.35. The van der Waals surface area contributed by atoms with E-state index in [1.165, 1.54) is 18.1 Å². The Kier molecular flexibility index (Phi) is 9.09. The molecule has 1 saturated heterocycles. The van der Waals surface area contributed by atoms with Crippen molar-refractivity contribution < 1.29 is 50.5 Å². The van der Waals surface area contributed by atoms with Crippen LogP contribution in [-0.4, -0.2) is 41.8 Å². The molecule has 1 amide bonds. The van der Waals surface area contributed by atoms with Crippen molar-refractivity contribution >= 4 is 17.6 Å². The van der Waals surface area contributed by atoms with Gasteiger partial charge in [-0.25, -0.2) is 9.59 Å². The topological polar surface area (TPSA) is 76.1 Å². The molecule has 2 aliphatic rings. The number of aryl methyl sites for hydroxylation is 1. The van der Waals surface area contributed by atoms with Crippen LogP contribution in [0.25, 0.3) is 16.7 Å². The van der Waals surface area contributed by atoms with Crippen LogP contribution >= 0.6 is 0 Å². The Bertz CT molecular complexity index is 1760. The van der Waals surface area contributed by atoms with Gasteiger partial charge in [-0.1, -0.05) is 26.0 Å². The minimum atomic E-state index is -5.04. The van der Waals surface area contributed by atoms with Crippen LogP contribution in [0.3, 0.4) is 0 Å². The summed E-state index contributed by atoms with van der Waals surface area (Å²) in [6, 6.07) is 10.9. The van der Waals surface area contributed by atoms with Crippen molar-refractivity contribution in [2.45, 2.75) is 71.5 Å². The van der Waals surface area contributed by atoms with Crippen molar-refractivity contribution in [1.29, 1.82) is 0 Å². The maximum Gasteiger partial charge on any atom is 0.416 e. The third kappa shape index (κ3) is 7.02. The Hall–Kier alpha value is -4.48. The second kappa shape index (κ2) is 12.5. The molecule has 6 nitrogen and oxygen atoms in total. The molecule has 5 rings (SSSR count). The van der Waals surface area contributed by atoms with Crippen molar-refractivity contribution in [1.82, 2.24) is 4.90 Å². The van der Waals surface area contributed by atoms with E-state index in [0.717, 1.165) is 39.8 Å². The highest BCUT2D eigenvalue weighted by molar-refractivity contribution is 5.89.